The van der Waals surface area contributed by atoms with Crippen LogP contribution in [0.1, 0.15) is 35.7 Å². The molecule has 1 atom stereocenters. The third-order valence-electron chi connectivity index (χ3n) is 5.36. The number of anilines is 1. The van der Waals surface area contributed by atoms with Gasteiger partial charge >= 0.3 is 0 Å². The minimum Gasteiger partial charge on any atom is -0.370 e. The lowest BCUT2D eigenvalue weighted by molar-refractivity contribution is -0.124. The number of hydrogen-bond acceptors (Lipinski definition) is 3. The maximum atomic E-state index is 12.8. The number of para-hydroxylation sites is 1. The van der Waals surface area contributed by atoms with E-state index in [1.165, 1.54) is 11.3 Å². The van der Waals surface area contributed by atoms with Crippen molar-refractivity contribution >= 4 is 17.5 Å². The van der Waals surface area contributed by atoms with Crippen LogP contribution in [-0.4, -0.2) is 48.9 Å². The fourth-order valence-corrected chi connectivity index (χ4v) is 3.83. The Balaban J connectivity index is 1.56. The first kappa shape index (κ1) is 19.9. The molecule has 2 aromatic carbocycles. The molecule has 1 unspecified atom stereocenters. The van der Waals surface area contributed by atoms with Crippen molar-refractivity contribution in [2.24, 2.45) is 0 Å². The first-order valence-corrected chi connectivity index (χ1v) is 10.1. The molecule has 0 bridgehead atoms. The summed E-state index contributed by atoms with van der Waals surface area (Å²) >= 11 is 0. The van der Waals surface area contributed by atoms with E-state index in [4.69, 9.17) is 0 Å². The van der Waals surface area contributed by atoms with Gasteiger partial charge in [-0.3, -0.25) is 9.59 Å². The lowest BCUT2D eigenvalue weighted by atomic mass is 10.1. The Morgan fingerprint density at radius 2 is 1.82 bits per heavy atom. The van der Waals surface area contributed by atoms with Crippen LogP contribution in [0.2, 0.25) is 0 Å². The molecule has 0 aliphatic carbocycles. The summed E-state index contributed by atoms with van der Waals surface area (Å²) in [7, 11) is 0. The van der Waals surface area contributed by atoms with Crippen molar-refractivity contribution in [1.29, 1.82) is 0 Å². The van der Waals surface area contributed by atoms with Crippen molar-refractivity contribution in [3.05, 3.63) is 65.7 Å². The number of amides is 2. The number of likely N-dealkylation sites (N-methyl/N-ethyl adjacent to an activating group) is 1. The first-order chi connectivity index (χ1) is 13.6. The molecule has 148 valence electrons. The third-order valence-corrected chi connectivity index (χ3v) is 5.36. The van der Waals surface area contributed by atoms with Crippen molar-refractivity contribution in [2.75, 3.05) is 31.1 Å². The Hall–Kier alpha value is -2.82. The molecule has 5 heteroatoms. The summed E-state index contributed by atoms with van der Waals surface area (Å²) in [6.45, 7) is 7.03. The van der Waals surface area contributed by atoms with E-state index in [1.54, 1.807) is 17.0 Å². The zero-order valence-electron chi connectivity index (χ0n) is 16.7. The summed E-state index contributed by atoms with van der Waals surface area (Å²) in [5.41, 5.74) is 3.06. The predicted molar refractivity (Wildman–Crippen MR) is 113 cm³/mol. The van der Waals surface area contributed by atoms with Crippen LogP contribution in [0, 0.1) is 6.92 Å². The van der Waals surface area contributed by atoms with Crippen LogP contribution in [0.4, 0.5) is 5.69 Å². The second-order valence-electron chi connectivity index (χ2n) is 7.18. The number of hydrogen-bond donors (Lipinski definition) is 1. The van der Waals surface area contributed by atoms with Gasteiger partial charge in [0.25, 0.3) is 5.91 Å². The molecule has 0 spiro atoms. The summed E-state index contributed by atoms with van der Waals surface area (Å²) in [5, 5.41) is 3.04. The van der Waals surface area contributed by atoms with Gasteiger partial charge in [0, 0.05) is 37.4 Å². The first-order valence-electron chi connectivity index (χ1n) is 10.1. The normalized spacial score (nSPS) is 16.1. The molecule has 1 aliphatic heterocycles. The van der Waals surface area contributed by atoms with Crippen molar-refractivity contribution in [3.63, 3.8) is 0 Å². The highest BCUT2D eigenvalue weighted by Crippen LogP contribution is 2.21. The smallest absolute Gasteiger partial charge is 0.254 e. The molecule has 1 saturated heterocycles. The summed E-state index contributed by atoms with van der Waals surface area (Å²) in [6.07, 6.45) is 1.58. The molecule has 1 aliphatic rings. The lowest BCUT2D eigenvalue weighted by Gasteiger charge is -2.27. The number of carbonyl (C=O) groups excluding carboxylic acids is 2. The summed E-state index contributed by atoms with van der Waals surface area (Å²) in [5.74, 6) is -0.115. The van der Waals surface area contributed by atoms with Crippen molar-refractivity contribution in [1.82, 2.24) is 10.2 Å². The van der Waals surface area contributed by atoms with E-state index in [0.717, 1.165) is 25.9 Å². The van der Waals surface area contributed by atoms with Gasteiger partial charge < -0.3 is 15.1 Å². The highest BCUT2D eigenvalue weighted by Gasteiger charge is 2.34. The van der Waals surface area contributed by atoms with E-state index in [0.29, 0.717) is 18.7 Å². The number of aryl methyl sites for hydroxylation is 1. The summed E-state index contributed by atoms with van der Waals surface area (Å²) in [4.78, 5) is 29.5. The largest absolute Gasteiger partial charge is 0.370 e. The average Bonchev–Trinajstić information content (AvgIpc) is 3.22. The van der Waals surface area contributed by atoms with Gasteiger partial charge in [-0.25, -0.2) is 0 Å². The van der Waals surface area contributed by atoms with Crippen LogP contribution in [0.3, 0.4) is 0 Å². The van der Waals surface area contributed by atoms with Crippen LogP contribution < -0.4 is 10.2 Å². The fourth-order valence-electron chi connectivity index (χ4n) is 3.83. The fraction of sp³-hybridized carbons (Fsp3) is 0.391. The van der Waals surface area contributed by atoms with Crippen molar-refractivity contribution in [2.45, 2.75) is 32.7 Å². The van der Waals surface area contributed by atoms with E-state index in [-0.39, 0.29) is 17.9 Å². The summed E-state index contributed by atoms with van der Waals surface area (Å²) < 4.78 is 0. The van der Waals surface area contributed by atoms with Crippen LogP contribution in [0.25, 0.3) is 0 Å². The maximum Gasteiger partial charge on any atom is 0.254 e. The Labute approximate surface area is 167 Å². The number of rotatable bonds is 7. The molecule has 5 nitrogen and oxygen atoms in total. The zero-order chi connectivity index (χ0) is 19.9. The maximum absolute atomic E-state index is 12.8. The van der Waals surface area contributed by atoms with Gasteiger partial charge in [-0.1, -0.05) is 36.4 Å². The molecule has 28 heavy (non-hydrogen) atoms. The molecule has 2 amide bonds. The minimum absolute atomic E-state index is 0.0531. The molecule has 1 fully saturated rings. The Morgan fingerprint density at radius 3 is 2.54 bits per heavy atom. The molecular weight excluding hydrogens is 350 g/mol. The van der Waals surface area contributed by atoms with Gasteiger partial charge in [0.2, 0.25) is 5.91 Å². The molecule has 1 N–H and O–H groups in total. The van der Waals surface area contributed by atoms with Gasteiger partial charge in [-0.15, -0.1) is 0 Å². The van der Waals surface area contributed by atoms with E-state index < -0.39 is 0 Å². The third kappa shape index (κ3) is 4.53. The van der Waals surface area contributed by atoms with Gasteiger partial charge in [-0.05, 0) is 50.5 Å². The molecule has 0 aromatic heterocycles. The highest BCUT2D eigenvalue weighted by atomic mass is 16.2. The molecule has 2 aromatic rings. The second-order valence-corrected chi connectivity index (χ2v) is 7.18. The number of benzene rings is 2. The summed E-state index contributed by atoms with van der Waals surface area (Å²) in [6, 6.07) is 17.1. The predicted octanol–water partition coefficient (Wildman–Crippen LogP) is 3.24. The second kappa shape index (κ2) is 9.40. The van der Waals surface area contributed by atoms with Gasteiger partial charge in [0.15, 0.2) is 0 Å². The van der Waals surface area contributed by atoms with Crippen LogP contribution in [0.5, 0.6) is 0 Å². The van der Waals surface area contributed by atoms with Gasteiger partial charge in [0.1, 0.15) is 6.04 Å². The SMILES string of the molecule is CCN(CCNC(=O)C1CCCN1C(=O)c1ccccc1)c1ccccc1C. The minimum atomic E-state index is -0.374. The average molecular weight is 380 g/mol. The van der Waals surface area contributed by atoms with Crippen LogP contribution in [0.15, 0.2) is 54.6 Å². The number of nitrogens with one attached hydrogen (secondary N) is 1. The molecule has 0 radical (unpaired) electrons. The Bertz CT molecular complexity index is 807. The van der Waals surface area contributed by atoms with Crippen molar-refractivity contribution < 1.29 is 9.59 Å². The molecule has 0 saturated carbocycles. The zero-order valence-corrected chi connectivity index (χ0v) is 16.7. The number of likely N-dealkylation sites (tertiary alicyclic amines) is 1. The van der Waals surface area contributed by atoms with Crippen molar-refractivity contribution in [3.8, 4) is 0 Å². The van der Waals surface area contributed by atoms with E-state index in [2.05, 4.69) is 36.2 Å². The lowest BCUT2D eigenvalue weighted by Crippen LogP contribution is -2.47. The standard InChI is InChI=1S/C23H29N3O2/c1-3-25(20-13-8-7-10-18(20)2)17-15-24-22(27)21-14-9-16-26(21)23(28)19-11-5-4-6-12-19/h4-8,10-13,21H,3,9,14-17H2,1-2H3,(H,24,27). The monoisotopic (exact) mass is 379 g/mol. The highest BCUT2D eigenvalue weighted by molar-refractivity contribution is 5.97. The number of nitrogens with zero attached hydrogens (tertiary/aromatic N) is 2. The topological polar surface area (TPSA) is 52.7 Å². The number of carbonyl (C=O) groups is 2. The van der Waals surface area contributed by atoms with Gasteiger partial charge in [0.05, 0.1) is 0 Å². The molecule has 1 heterocycles. The quantitative estimate of drug-likeness (QED) is 0.804. The van der Waals surface area contributed by atoms with Crippen LogP contribution in [-0.2, 0) is 4.79 Å². The Morgan fingerprint density at radius 1 is 1.11 bits per heavy atom. The van der Waals surface area contributed by atoms with E-state index in [1.807, 2.05) is 30.3 Å². The van der Waals surface area contributed by atoms with E-state index >= 15 is 0 Å². The van der Waals surface area contributed by atoms with Gasteiger partial charge in [-0.2, -0.15) is 0 Å². The Kier molecular flexibility index (Phi) is 6.69. The van der Waals surface area contributed by atoms with E-state index in [9.17, 15) is 9.59 Å². The van der Waals surface area contributed by atoms with Crippen LogP contribution >= 0.6 is 0 Å². The molecular formula is C23H29N3O2. The molecule has 3 rings (SSSR count).